The Labute approximate surface area is 132 Å². The van der Waals surface area contributed by atoms with Gasteiger partial charge in [0.2, 0.25) is 0 Å². The highest BCUT2D eigenvalue weighted by molar-refractivity contribution is 5.46. The fraction of sp³-hybridized carbons (Fsp3) is 0.368. The summed E-state index contributed by atoms with van der Waals surface area (Å²) in [6.07, 6.45) is 4.67. The lowest BCUT2D eigenvalue weighted by atomic mass is 9.67. The van der Waals surface area contributed by atoms with E-state index in [4.69, 9.17) is 0 Å². The minimum atomic E-state index is -0.612. The SMILES string of the molecule is CCN1CC[C@@H]([C@](C#N)(c2ccccc2)c2cccnc2)C1. The van der Waals surface area contributed by atoms with E-state index in [0.29, 0.717) is 5.92 Å². The van der Waals surface area contributed by atoms with Crippen molar-refractivity contribution in [3.63, 3.8) is 0 Å². The number of rotatable bonds is 4. The molecular weight excluding hydrogens is 270 g/mol. The van der Waals surface area contributed by atoms with E-state index in [-0.39, 0.29) is 0 Å². The first-order valence-electron chi connectivity index (χ1n) is 7.91. The Kier molecular flexibility index (Phi) is 4.22. The van der Waals surface area contributed by atoms with Crippen molar-refractivity contribution in [2.75, 3.05) is 19.6 Å². The standard InChI is InChI=1S/C19H21N3/c1-2-22-12-10-18(14-22)19(15-20,16-7-4-3-5-8-16)17-9-6-11-21-13-17/h3-9,11,13,18H,2,10,12,14H2,1H3/t18-,19-/m1/s1. The molecule has 22 heavy (non-hydrogen) atoms. The largest absolute Gasteiger partial charge is 0.303 e. The highest BCUT2D eigenvalue weighted by Crippen LogP contribution is 2.42. The summed E-state index contributed by atoms with van der Waals surface area (Å²) in [7, 11) is 0. The van der Waals surface area contributed by atoms with Gasteiger partial charge < -0.3 is 4.90 Å². The fourth-order valence-corrected chi connectivity index (χ4v) is 3.63. The Morgan fingerprint density at radius 3 is 2.59 bits per heavy atom. The molecule has 2 atom stereocenters. The third-order valence-corrected chi connectivity index (χ3v) is 4.85. The van der Waals surface area contributed by atoms with Gasteiger partial charge in [-0.05, 0) is 42.6 Å². The van der Waals surface area contributed by atoms with Crippen molar-refractivity contribution in [3.05, 3.63) is 66.0 Å². The van der Waals surface area contributed by atoms with E-state index in [9.17, 15) is 5.26 Å². The number of pyridine rings is 1. The van der Waals surface area contributed by atoms with E-state index < -0.39 is 5.41 Å². The van der Waals surface area contributed by atoms with Gasteiger partial charge in [0.05, 0.1) is 6.07 Å². The van der Waals surface area contributed by atoms with Crippen molar-refractivity contribution in [1.29, 1.82) is 5.26 Å². The van der Waals surface area contributed by atoms with Crippen LogP contribution in [0.1, 0.15) is 24.5 Å². The molecule has 112 valence electrons. The van der Waals surface area contributed by atoms with Crippen LogP contribution >= 0.6 is 0 Å². The van der Waals surface area contributed by atoms with Crippen molar-refractivity contribution in [2.45, 2.75) is 18.8 Å². The maximum atomic E-state index is 10.2. The molecule has 1 aromatic heterocycles. The van der Waals surface area contributed by atoms with Crippen LogP contribution in [0.2, 0.25) is 0 Å². The predicted molar refractivity (Wildman–Crippen MR) is 87.3 cm³/mol. The van der Waals surface area contributed by atoms with Gasteiger partial charge in [0.25, 0.3) is 0 Å². The highest BCUT2D eigenvalue weighted by Gasteiger charge is 2.45. The molecular formula is C19H21N3. The first-order chi connectivity index (χ1) is 10.8. The van der Waals surface area contributed by atoms with Gasteiger partial charge in [-0.2, -0.15) is 5.26 Å². The first kappa shape index (κ1) is 14.7. The van der Waals surface area contributed by atoms with Crippen LogP contribution in [-0.4, -0.2) is 29.5 Å². The van der Waals surface area contributed by atoms with Crippen LogP contribution in [0.15, 0.2) is 54.9 Å². The minimum Gasteiger partial charge on any atom is -0.303 e. The molecule has 3 rings (SSSR count). The number of nitriles is 1. The van der Waals surface area contributed by atoms with Gasteiger partial charge in [-0.25, -0.2) is 0 Å². The summed E-state index contributed by atoms with van der Waals surface area (Å²) in [5.74, 6) is 0.295. The minimum absolute atomic E-state index is 0.295. The van der Waals surface area contributed by atoms with Gasteiger partial charge in [-0.15, -0.1) is 0 Å². The monoisotopic (exact) mass is 291 g/mol. The molecule has 2 heterocycles. The lowest BCUT2D eigenvalue weighted by molar-refractivity contribution is 0.318. The van der Waals surface area contributed by atoms with Gasteiger partial charge in [-0.1, -0.05) is 43.3 Å². The van der Waals surface area contributed by atoms with Crippen LogP contribution in [0.4, 0.5) is 0 Å². The Balaban J connectivity index is 2.12. The molecule has 3 nitrogen and oxygen atoms in total. The number of nitrogens with zero attached hydrogens (tertiary/aromatic N) is 3. The van der Waals surface area contributed by atoms with E-state index in [1.165, 1.54) is 0 Å². The molecule has 1 aromatic carbocycles. The molecule has 0 N–H and O–H groups in total. The summed E-state index contributed by atoms with van der Waals surface area (Å²) in [6.45, 7) is 5.26. The Hall–Kier alpha value is -2.18. The second-order valence-corrected chi connectivity index (χ2v) is 5.91. The average molecular weight is 291 g/mol. The molecule has 0 amide bonds. The molecule has 0 saturated carbocycles. The van der Waals surface area contributed by atoms with Crippen LogP contribution in [-0.2, 0) is 5.41 Å². The fourth-order valence-electron chi connectivity index (χ4n) is 3.63. The zero-order valence-electron chi connectivity index (χ0n) is 12.9. The molecule has 1 fully saturated rings. The van der Waals surface area contributed by atoms with Crippen molar-refractivity contribution in [3.8, 4) is 6.07 Å². The van der Waals surface area contributed by atoms with Crippen molar-refractivity contribution in [1.82, 2.24) is 9.88 Å². The first-order valence-corrected chi connectivity index (χ1v) is 7.91. The molecule has 0 bridgehead atoms. The second kappa shape index (κ2) is 6.29. The molecule has 2 aromatic rings. The molecule has 0 spiro atoms. The smallest absolute Gasteiger partial charge is 0.113 e. The zero-order chi connectivity index (χ0) is 15.4. The van der Waals surface area contributed by atoms with E-state index >= 15 is 0 Å². The van der Waals surface area contributed by atoms with Crippen LogP contribution in [0.25, 0.3) is 0 Å². The average Bonchev–Trinajstić information content (AvgIpc) is 3.08. The molecule has 1 aliphatic heterocycles. The van der Waals surface area contributed by atoms with Gasteiger partial charge in [0, 0.05) is 18.9 Å². The van der Waals surface area contributed by atoms with Gasteiger partial charge in [0.15, 0.2) is 0 Å². The lowest BCUT2D eigenvalue weighted by Gasteiger charge is -2.33. The number of hydrogen-bond acceptors (Lipinski definition) is 3. The Morgan fingerprint density at radius 2 is 2.00 bits per heavy atom. The zero-order valence-corrected chi connectivity index (χ0v) is 12.9. The summed E-state index contributed by atoms with van der Waals surface area (Å²) < 4.78 is 0. The summed E-state index contributed by atoms with van der Waals surface area (Å²) >= 11 is 0. The van der Waals surface area contributed by atoms with Crippen LogP contribution in [0.3, 0.4) is 0 Å². The summed E-state index contributed by atoms with van der Waals surface area (Å²) in [5, 5.41) is 10.2. The van der Waals surface area contributed by atoms with Crippen LogP contribution in [0, 0.1) is 17.2 Å². The van der Waals surface area contributed by atoms with E-state index in [1.54, 1.807) is 6.20 Å². The van der Waals surface area contributed by atoms with E-state index in [1.807, 2.05) is 36.5 Å². The topological polar surface area (TPSA) is 39.9 Å². The summed E-state index contributed by atoms with van der Waals surface area (Å²) in [6, 6.07) is 16.8. The van der Waals surface area contributed by atoms with E-state index in [2.05, 4.69) is 35.0 Å². The predicted octanol–water partition coefficient (Wildman–Crippen LogP) is 3.23. The molecule has 0 unspecified atom stereocenters. The van der Waals surface area contributed by atoms with Gasteiger partial charge >= 0.3 is 0 Å². The van der Waals surface area contributed by atoms with E-state index in [0.717, 1.165) is 37.2 Å². The molecule has 3 heteroatoms. The highest BCUT2D eigenvalue weighted by atomic mass is 15.1. The second-order valence-electron chi connectivity index (χ2n) is 5.91. The summed E-state index contributed by atoms with van der Waals surface area (Å²) in [5.41, 5.74) is 1.47. The maximum Gasteiger partial charge on any atom is 0.113 e. The Morgan fingerprint density at radius 1 is 1.23 bits per heavy atom. The number of hydrogen-bond donors (Lipinski definition) is 0. The van der Waals surface area contributed by atoms with Crippen LogP contribution < -0.4 is 0 Å². The van der Waals surface area contributed by atoms with Crippen LogP contribution in [0.5, 0.6) is 0 Å². The third-order valence-electron chi connectivity index (χ3n) is 4.85. The maximum absolute atomic E-state index is 10.2. The normalized spacial score (nSPS) is 21.2. The number of likely N-dealkylation sites (tertiary alicyclic amines) is 1. The quantitative estimate of drug-likeness (QED) is 0.868. The molecule has 1 saturated heterocycles. The van der Waals surface area contributed by atoms with Gasteiger partial charge in [-0.3, -0.25) is 4.98 Å². The lowest BCUT2D eigenvalue weighted by Crippen LogP contribution is -2.37. The number of benzene rings is 1. The van der Waals surface area contributed by atoms with Gasteiger partial charge in [0.1, 0.15) is 5.41 Å². The van der Waals surface area contributed by atoms with Crippen molar-refractivity contribution in [2.24, 2.45) is 5.92 Å². The van der Waals surface area contributed by atoms with Crippen molar-refractivity contribution < 1.29 is 0 Å². The summed E-state index contributed by atoms with van der Waals surface area (Å²) in [4.78, 5) is 6.70. The van der Waals surface area contributed by atoms with Crippen molar-refractivity contribution >= 4 is 0 Å². The molecule has 1 aliphatic rings. The Bertz CT molecular complexity index is 606. The molecule has 0 radical (unpaired) electrons. The molecule has 0 aliphatic carbocycles. The third kappa shape index (κ3) is 2.40. The number of aromatic nitrogens is 1.